The molecule has 0 saturated carbocycles. The zero-order chi connectivity index (χ0) is 19.2. The fraction of sp³-hybridized carbons (Fsp3) is 0.350. The third-order valence-electron chi connectivity index (χ3n) is 5.23. The Kier molecular flexibility index (Phi) is 5.01. The van der Waals surface area contributed by atoms with E-state index in [1.807, 2.05) is 32.9 Å². The molecule has 0 aromatic heterocycles. The van der Waals surface area contributed by atoms with Crippen LogP contribution in [0.4, 0.5) is 0 Å². The molecule has 0 bridgehead atoms. The maximum Gasteiger partial charge on any atom is 0.232 e. The highest BCUT2D eigenvalue weighted by Crippen LogP contribution is 2.57. The van der Waals surface area contributed by atoms with Crippen LogP contribution in [-0.4, -0.2) is 18.4 Å². The summed E-state index contributed by atoms with van der Waals surface area (Å²) in [4.78, 5) is 13.4. The van der Waals surface area contributed by atoms with E-state index in [-0.39, 0.29) is 10.7 Å². The number of rotatable bonds is 4. The van der Waals surface area contributed by atoms with Crippen molar-refractivity contribution in [1.29, 1.82) is 0 Å². The molecule has 0 amide bonds. The van der Waals surface area contributed by atoms with Crippen LogP contribution in [0, 0.1) is 12.3 Å². The van der Waals surface area contributed by atoms with E-state index in [1.165, 1.54) is 0 Å². The van der Waals surface area contributed by atoms with Gasteiger partial charge in [0.1, 0.15) is 0 Å². The van der Waals surface area contributed by atoms with Crippen LogP contribution in [0.2, 0.25) is 0 Å². The van der Waals surface area contributed by atoms with Crippen LogP contribution in [0.1, 0.15) is 41.8 Å². The molecule has 2 atom stereocenters. The third-order valence-corrected chi connectivity index (χ3v) is 10.3. The van der Waals surface area contributed by atoms with Gasteiger partial charge in [-0.05, 0) is 37.5 Å². The van der Waals surface area contributed by atoms with Gasteiger partial charge in [-0.1, -0.05) is 67.4 Å². The summed E-state index contributed by atoms with van der Waals surface area (Å²) >= 11 is 6.86. The van der Waals surface area contributed by atoms with E-state index in [2.05, 4.69) is 0 Å². The lowest BCUT2D eigenvalue weighted by atomic mass is 9.70. The lowest BCUT2D eigenvalue weighted by Crippen LogP contribution is -2.51. The molecule has 2 aromatic rings. The molecule has 26 heavy (non-hydrogen) atoms. The summed E-state index contributed by atoms with van der Waals surface area (Å²) < 4.78 is 24.4. The SMILES string of the molecule is CCC1(C)Cc2ccccc2C(=O)C1(Cl)SS(=O)(=O)c1ccc(C)cc1. The van der Waals surface area contributed by atoms with Crippen molar-refractivity contribution in [2.45, 2.75) is 42.7 Å². The van der Waals surface area contributed by atoms with Gasteiger partial charge in [-0.25, -0.2) is 8.42 Å². The van der Waals surface area contributed by atoms with Gasteiger partial charge in [0, 0.05) is 21.8 Å². The average molecular weight is 409 g/mol. The molecule has 138 valence electrons. The van der Waals surface area contributed by atoms with Gasteiger partial charge < -0.3 is 0 Å². The van der Waals surface area contributed by atoms with Crippen LogP contribution in [0.15, 0.2) is 53.4 Å². The third kappa shape index (κ3) is 3.10. The highest BCUT2D eigenvalue weighted by molar-refractivity contribution is 8.73. The molecule has 0 fully saturated rings. The molecule has 0 aliphatic heterocycles. The fourth-order valence-electron chi connectivity index (χ4n) is 3.27. The average Bonchev–Trinajstić information content (AvgIpc) is 2.60. The lowest BCUT2D eigenvalue weighted by Gasteiger charge is -2.45. The van der Waals surface area contributed by atoms with Crippen LogP contribution < -0.4 is 0 Å². The number of aryl methyl sites for hydroxylation is 1. The quantitative estimate of drug-likeness (QED) is 0.514. The van der Waals surface area contributed by atoms with Crippen molar-refractivity contribution in [3.05, 3.63) is 65.2 Å². The predicted octanol–water partition coefficient (Wildman–Crippen LogP) is 5.21. The highest BCUT2D eigenvalue weighted by atomic mass is 35.5. The first-order valence-electron chi connectivity index (χ1n) is 8.47. The van der Waals surface area contributed by atoms with Crippen LogP contribution in [0.3, 0.4) is 0 Å². The van der Waals surface area contributed by atoms with Crippen molar-refractivity contribution in [3.63, 3.8) is 0 Å². The molecular formula is C20H21ClO3S2. The van der Waals surface area contributed by atoms with Gasteiger partial charge in [0.15, 0.2) is 9.99 Å². The smallest absolute Gasteiger partial charge is 0.232 e. The van der Waals surface area contributed by atoms with Gasteiger partial charge in [0.25, 0.3) is 0 Å². The Labute approximate surface area is 163 Å². The Morgan fingerprint density at radius 2 is 1.73 bits per heavy atom. The van der Waals surface area contributed by atoms with E-state index in [1.54, 1.807) is 36.4 Å². The number of fused-ring (bicyclic) bond motifs is 1. The molecule has 1 aliphatic rings. The zero-order valence-electron chi connectivity index (χ0n) is 15.0. The summed E-state index contributed by atoms with van der Waals surface area (Å²) in [6.07, 6.45) is 1.15. The van der Waals surface area contributed by atoms with Crippen LogP contribution in [0.5, 0.6) is 0 Å². The minimum Gasteiger partial charge on any atom is -0.291 e. The van der Waals surface area contributed by atoms with E-state index in [0.717, 1.165) is 11.1 Å². The predicted molar refractivity (Wildman–Crippen MR) is 107 cm³/mol. The first-order chi connectivity index (χ1) is 12.1. The summed E-state index contributed by atoms with van der Waals surface area (Å²) in [6.45, 7) is 5.73. The van der Waals surface area contributed by atoms with Crippen LogP contribution in [0.25, 0.3) is 0 Å². The highest BCUT2D eigenvalue weighted by Gasteiger charge is 2.58. The van der Waals surface area contributed by atoms with Crippen molar-refractivity contribution in [3.8, 4) is 0 Å². The molecule has 6 heteroatoms. The first-order valence-corrected chi connectivity index (χ1v) is 11.7. The van der Waals surface area contributed by atoms with Crippen molar-refractivity contribution in [2.75, 3.05) is 0 Å². The van der Waals surface area contributed by atoms with Gasteiger partial charge >= 0.3 is 0 Å². The first kappa shape index (κ1) is 19.5. The monoisotopic (exact) mass is 408 g/mol. The van der Waals surface area contributed by atoms with Gasteiger partial charge in [0.2, 0.25) is 8.87 Å². The van der Waals surface area contributed by atoms with Crippen molar-refractivity contribution >= 4 is 37.0 Å². The number of hydrogen-bond donors (Lipinski definition) is 0. The molecule has 0 spiro atoms. The molecule has 0 saturated heterocycles. The Morgan fingerprint density at radius 1 is 1.12 bits per heavy atom. The lowest BCUT2D eigenvalue weighted by molar-refractivity contribution is 0.0878. The number of ketones is 1. The van der Waals surface area contributed by atoms with Gasteiger partial charge in [-0.15, -0.1) is 0 Å². The summed E-state index contributed by atoms with van der Waals surface area (Å²) in [5.74, 6) is -0.328. The Bertz CT molecular complexity index is 953. The number of hydrogen-bond acceptors (Lipinski definition) is 4. The van der Waals surface area contributed by atoms with Gasteiger partial charge in [-0.3, -0.25) is 4.79 Å². The number of alkyl halides is 1. The molecule has 1 aliphatic carbocycles. The second-order valence-electron chi connectivity index (χ2n) is 7.02. The topological polar surface area (TPSA) is 51.2 Å². The molecular weight excluding hydrogens is 388 g/mol. The zero-order valence-corrected chi connectivity index (χ0v) is 17.3. The minimum absolute atomic E-state index is 0.165. The number of benzene rings is 2. The van der Waals surface area contributed by atoms with E-state index in [0.29, 0.717) is 29.2 Å². The second kappa shape index (κ2) is 6.70. The van der Waals surface area contributed by atoms with Gasteiger partial charge in [0.05, 0.1) is 4.90 Å². The summed E-state index contributed by atoms with van der Waals surface area (Å²) in [7, 11) is -3.21. The number of carbonyl (C=O) groups is 1. The van der Waals surface area contributed by atoms with E-state index < -0.39 is 18.5 Å². The molecule has 3 rings (SSSR count). The fourth-order valence-corrected chi connectivity index (χ4v) is 8.15. The van der Waals surface area contributed by atoms with Crippen LogP contribution >= 0.6 is 22.4 Å². The Balaban J connectivity index is 2.09. The maximum atomic E-state index is 13.3. The standard InChI is InChI=1S/C20H21ClO3S2/c1-4-19(3)13-15-7-5-6-8-17(15)18(22)20(19,21)25-26(23,24)16-11-9-14(2)10-12-16/h5-12H,4,13H2,1-3H3. The molecule has 2 aromatic carbocycles. The van der Waals surface area contributed by atoms with Crippen molar-refractivity contribution < 1.29 is 13.2 Å². The number of Topliss-reactive ketones (excluding diaryl/α,β-unsaturated/α-hetero) is 1. The Hall–Kier alpha value is -1.30. The summed E-state index contributed by atoms with van der Waals surface area (Å²) in [5, 5.41) is 0. The minimum atomic E-state index is -3.79. The van der Waals surface area contributed by atoms with E-state index >= 15 is 0 Å². The molecule has 0 N–H and O–H groups in total. The largest absolute Gasteiger partial charge is 0.291 e. The summed E-state index contributed by atoms with van der Waals surface area (Å²) in [6, 6.07) is 13.9. The van der Waals surface area contributed by atoms with Crippen LogP contribution in [-0.2, 0) is 15.3 Å². The van der Waals surface area contributed by atoms with E-state index in [4.69, 9.17) is 11.6 Å². The molecule has 0 heterocycles. The van der Waals surface area contributed by atoms with Crippen molar-refractivity contribution in [2.24, 2.45) is 5.41 Å². The van der Waals surface area contributed by atoms with Crippen molar-refractivity contribution in [1.82, 2.24) is 0 Å². The number of carbonyl (C=O) groups excluding carboxylic acids is 1. The summed E-state index contributed by atoms with van der Waals surface area (Å²) in [5.41, 5.74) is 1.73. The van der Waals surface area contributed by atoms with E-state index in [9.17, 15) is 13.2 Å². The second-order valence-corrected chi connectivity index (χ2v) is 11.8. The number of halogens is 1. The van der Waals surface area contributed by atoms with Gasteiger partial charge in [-0.2, -0.15) is 0 Å². The molecule has 0 radical (unpaired) electrons. The Morgan fingerprint density at radius 3 is 2.35 bits per heavy atom. The normalized spacial score (nSPS) is 25.8. The molecule has 2 unspecified atom stereocenters. The molecule has 3 nitrogen and oxygen atoms in total. The maximum absolute atomic E-state index is 13.3.